The maximum atomic E-state index is 12.6. The molecule has 0 bridgehead atoms. The first kappa shape index (κ1) is 15.8. The monoisotopic (exact) mass is 312 g/mol. The van der Waals surface area contributed by atoms with E-state index < -0.39 is 0 Å². The van der Waals surface area contributed by atoms with Gasteiger partial charge >= 0.3 is 0 Å². The summed E-state index contributed by atoms with van der Waals surface area (Å²) < 4.78 is 1.68. The number of nitrogens with zero attached hydrogens (tertiary/aromatic N) is 3. The van der Waals surface area contributed by atoms with Crippen LogP contribution in [0.1, 0.15) is 42.2 Å². The number of carbonyl (C=O) groups excluding carboxylic acids is 2. The number of rotatable bonds is 5. The zero-order valence-corrected chi connectivity index (χ0v) is 13.2. The Labute approximate surface area is 129 Å². The maximum Gasteiger partial charge on any atom is 0.258 e. The average Bonchev–Trinajstić information content (AvgIpc) is 3.02. The summed E-state index contributed by atoms with van der Waals surface area (Å²) in [6, 6.07) is 0. The Morgan fingerprint density at radius 3 is 2.76 bits per heavy atom. The number of likely N-dealkylation sites (tertiary alicyclic amines) is 1. The summed E-state index contributed by atoms with van der Waals surface area (Å²) in [5.41, 5.74) is 6.37. The molecule has 1 aliphatic rings. The van der Waals surface area contributed by atoms with E-state index >= 15 is 0 Å². The highest BCUT2D eigenvalue weighted by molar-refractivity contribution is 6.33. The highest BCUT2D eigenvalue weighted by atomic mass is 35.5. The number of amides is 2. The van der Waals surface area contributed by atoms with Gasteiger partial charge in [-0.3, -0.25) is 14.3 Å². The fourth-order valence-corrected chi connectivity index (χ4v) is 2.93. The van der Waals surface area contributed by atoms with Gasteiger partial charge in [0, 0.05) is 19.6 Å². The van der Waals surface area contributed by atoms with Gasteiger partial charge < -0.3 is 10.6 Å². The Balaban J connectivity index is 2.16. The van der Waals surface area contributed by atoms with Crippen LogP contribution in [-0.2, 0) is 11.3 Å². The van der Waals surface area contributed by atoms with Crippen molar-refractivity contribution in [1.29, 1.82) is 0 Å². The molecule has 1 unspecified atom stereocenters. The first-order chi connectivity index (χ1) is 9.95. The van der Waals surface area contributed by atoms with E-state index in [1.54, 1.807) is 16.5 Å². The molecule has 7 heteroatoms. The Kier molecular flexibility index (Phi) is 4.88. The van der Waals surface area contributed by atoms with Gasteiger partial charge in [0.05, 0.1) is 17.2 Å². The van der Waals surface area contributed by atoms with Crippen molar-refractivity contribution in [3.63, 3.8) is 0 Å². The predicted octanol–water partition coefficient (Wildman–Crippen LogP) is 1.59. The van der Waals surface area contributed by atoms with E-state index in [1.807, 2.05) is 0 Å². The molecule has 1 saturated heterocycles. The normalized spacial score (nSPS) is 18.2. The number of hydrogen-bond donors (Lipinski definition) is 1. The molecule has 1 aliphatic heterocycles. The Morgan fingerprint density at radius 2 is 2.19 bits per heavy atom. The van der Waals surface area contributed by atoms with Crippen molar-refractivity contribution in [3.8, 4) is 0 Å². The Morgan fingerprint density at radius 1 is 1.48 bits per heavy atom. The van der Waals surface area contributed by atoms with Gasteiger partial charge in [-0.2, -0.15) is 5.10 Å². The molecule has 6 nitrogen and oxygen atoms in total. The van der Waals surface area contributed by atoms with Crippen molar-refractivity contribution in [2.24, 2.45) is 11.7 Å². The Hall–Kier alpha value is -1.56. The van der Waals surface area contributed by atoms with Gasteiger partial charge in [-0.15, -0.1) is 0 Å². The van der Waals surface area contributed by atoms with Gasteiger partial charge in [-0.25, -0.2) is 0 Å². The zero-order chi connectivity index (χ0) is 15.6. The van der Waals surface area contributed by atoms with Gasteiger partial charge in [-0.1, -0.05) is 24.9 Å². The lowest BCUT2D eigenvalue weighted by Crippen LogP contribution is -2.32. The zero-order valence-electron chi connectivity index (χ0n) is 12.4. The summed E-state index contributed by atoms with van der Waals surface area (Å²) in [6.07, 6.45) is 2.61. The van der Waals surface area contributed by atoms with Crippen LogP contribution in [0.25, 0.3) is 0 Å². The summed E-state index contributed by atoms with van der Waals surface area (Å²) in [5.74, 6) is -0.779. The minimum Gasteiger partial charge on any atom is -0.369 e. The molecule has 116 valence electrons. The lowest BCUT2D eigenvalue weighted by molar-refractivity contribution is -0.121. The lowest BCUT2D eigenvalue weighted by Gasteiger charge is -2.15. The van der Waals surface area contributed by atoms with E-state index in [9.17, 15) is 9.59 Å². The number of carbonyl (C=O) groups is 2. The number of halogens is 1. The van der Waals surface area contributed by atoms with Gasteiger partial charge in [-0.05, 0) is 19.8 Å². The molecule has 1 atom stereocenters. The molecular weight excluding hydrogens is 292 g/mol. The van der Waals surface area contributed by atoms with Crippen LogP contribution in [0, 0.1) is 12.8 Å². The summed E-state index contributed by atoms with van der Waals surface area (Å²) >= 11 is 6.30. The highest BCUT2D eigenvalue weighted by Gasteiger charge is 2.33. The van der Waals surface area contributed by atoms with Gasteiger partial charge in [0.25, 0.3) is 5.91 Å². The van der Waals surface area contributed by atoms with E-state index in [2.05, 4.69) is 12.0 Å². The minimum atomic E-state index is -0.355. The van der Waals surface area contributed by atoms with E-state index in [4.69, 9.17) is 17.3 Å². The minimum absolute atomic E-state index is 0.163. The van der Waals surface area contributed by atoms with E-state index in [0.717, 1.165) is 12.8 Å². The van der Waals surface area contributed by atoms with Crippen LogP contribution in [0.15, 0.2) is 0 Å². The molecule has 2 N–H and O–H groups in total. The molecule has 2 heterocycles. The third-order valence-corrected chi connectivity index (χ3v) is 4.26. The first-order valence-corrected chi connectivity index (χ1v) is 7.65. The quantitative estimate of drug-likeness (QED) is 0.896. The van der Waals surface area contributed by atoms with Crippen LogP contribution < -0.4 is 5.73 Å². The molecule has 0 radical (unpaired) electrons. The number of hydrogen-bond acceptors (Lipinski definition) is 3. The van der Waals surface area contributed by atoms with E-state index in [-0.39, 0.29) is 17.7 Å². The molecule has 1 aromatic heterocycles. The number of primary amides is 1. The van der Waals surface area contributed by atoms with Crippen LogP contribution in [-0.4, -0.2) is 39.6 Å². The molecule has 0 aliphatic carbocycles. The summed E-state index contributed by atoms with van der Waals surface area (Å²) in [6.45, 7) is 5.47. The van der Waals surface area contributed by atoms with Crippen molar-refractivity contribution in [3.05, 3.63) is 16.4 Å². The SMILES string of the molecule is CCCCn1nc(C)c(C(=O)N2CCC(C(N)=O)C2)c1Cl. The molecular formula is C14H21ClN4O2. The molecule has 1 aromatic rings. The fourth-order valence-electron chi connectivity index (χ4n) is 2.59. The van der Waals surface area contributed by atoms with Crippen LogP contribution in [0.3, 0.4) is 0 Å². The second kappa shape index (κ2) is 6.47. The largest absolute Gasteiger partial charge is 0.369 e. The molecule has 0 aromatic carbocycles. The smallest absolute Gasteiger partial charge is 0.258 e. The highest BCUT2D eigenvalue weighted by Crippen LogP contribution is 2.25. The second-order valence-corrected chi connectivity index (χ2v) is 5.83. The fraction of sp³-hybridized carbons (Fsp3) is 0.643. The molecule has 21 heavy (non-hydrogen) atoms. The van der Waals surface area contributed by atoms with Gasteiger partial charge in [0.1, 0.15) is 5.15 Å². The second-order valence-electron chi connectivity index (χ2n) is 5.47. The van der Waals surface area contributed by atoms with Crippen LogP contribution in [0.4, 0.5) is 0 Å². The molecule has 0 saturated carbocycles. The molecule has 0 spiro atoms. The average molecular weight is 313 g/mol. The summed E-state index contributed by atoms with van der Waals surface area (Å²) in [5, 5.41) is 4.72. The third-order valence-electron chi connectivity index (χ3n) is 3.88. The number of unbranched alkanes of at least 4 members (excludes halogenated alkanes) is 1. The standard InChI is InChI=1S/C14H21ClN4O2/c1-3-4-6-19-12(15)11(9(2)17-19)14(21)18-7-5-10(8-18)13(16)20/h10H,3-8H2,1-2H3,(H2,16,20). The molecule has 1 fully saturated rings. The van der Waals surface area contributed by atoms with E-state index in [0.29, 0.717) is 42.5 Å². The number of aryl methyl sites for hydroxylation is 2. The molecule has 2 rings (SSSR count). The van der Waals surface area contributed by atoms with Crippen molar-refractivity contribution >= 4 is 23.4 Å². The summed E-state index contributed by atoms with van der Waals surface area (Å²) in [7, 11) is 0. The molecule has 2 amide bonds. The van der Waals surface area contributed by atoms with Crippen LogP contribution in [0.5, 0.6) is 0 Å². The van der Waals surface area contributed by atoms with Crippen molar-refractivity contribution in [2.45, 2.75) is 39.7 Å². The van der Waals surface area contributed by atoms with E-state index in [1.165, 1.54) is 0 Å². The number of aromatic nitrogens is 2. The summed E-state index contributed by atoms with van der Waals surface area (Å²) in [4.78, 5) is 25.4. The van der Waals surface area contributed by atoms with Crippen LogP contribution in [0.2, 0.25) is 5.15 Å². The lowest BCUT2D eigenvalue weighted by atomic mass is 10.1. The third kappa shape index (κ3) is 3.20. The van der Waals surface area contributed by atoms with Crippen molar-refractivity contribution in [1.82, 2.24) is 14.7 Å². The van der Waals surface area contributed by atoms with Crippen LogP contribution >= 0.6 is 11.6 Å². The first-order valence-electron chi connectivity index (χ1n) is 7.27. The number of nitrogens with two attached hydrogens (primary N) is 1. The van der Waals surface area contributed by atoms with Gasteiger partial charge in [0.15, 0.2) is 0 Å². The Bertz CT molecular complexity index is 555. The topological polar surface area (TPSA) is 81.2 Å². The van der Waals surface area contributed by atoms with Crippen molar-refractivity contribution in [2.75, 3.05) is 13.1 Å². The predicted molar refractivity (Wildman–Crippen MR) is 80.1 cm³/mol. The van der Waals surface area contributed by atoms with Crippen molar-refractivity contribution < 1.29 is 9.59 Å². The maximum absolute atomic E-state index is 12.6. The van der Waals surface area contributed by atoms with Gasteiger partial charge in [0.2, 0.25) is 5.91 Å².